The molecule has 1 aromatic carbocycles. The molecule has 126 valence electrons. The molecule has 1 amide bonds. The number of pyridine rings is 1. The van der Waals surface area contributed by atoms with Gasteiger partial charge in [0.2, 0.25) is 5.91 Å². The Balaban J connectivity index is 1.63. The SMILES string of the molecule is [C-]#[N+]c1cc2nc(SCC(=O)Nc3ccc(C)c(OC)c3)[nH]c2cn1. The second-order valence-electron chi connectivity index (χ2n) is 5.23. The minimum atomic E-state index is -0.142. The van der Waals surface area contributed by atoms with Crippen molar-refractivity contribution in [2.45, 2.75) is 12.1 Å². The van der Waals surface area contributed by atoms with Crippen LogP contribution in [0.4, 0.5) is 11.5 Å². The van der Waals surface area contributed by atoms with E-state index in [1.54, 1.807) is 25.4 Å². The highest BCUT2D eigenvalue weighted by atomic mass is 32.2. The Labute approximate surface area is 148 Å². The first-order valence-corrected chi connectivity index (χ1v) is 8.38. The number of fused-ring (bicyclic) bond motifs is 1. The van der Waals surface area contributed by atoms with Crippen LogP contribution in [0.15, 0.2) is 35.6 Å². The standard InChI is InChI=1S/C17H15N5O2S/c1-10-4-5-11(6-14(10)24-3)20-16(23)9-25-17-21-12-7-15(18-2)19-8-13(12)22-17/h4-8H,9H2,1,3H3,(H,20,23)(H,21,22). The lowest BCUT2D eigenvalue weighted by Crippen LogP contribution is -2.14. The monoisotopic (exact) mass is 353 g/mol. The maximum Gasteiger partial charge on any atom is 0.271 e. The van der Waals surface area contributed by atoms with Crippen molar-refractivity contribution < 1.29 is 9.53 Å². The normalized spacial score (nSPS) is 10.4. The Morgan fingerprint density at radius 3 is 3.04 bits per heavy atom. The Morgan fingerprint density at radius 1 is 1.44 bits per heavy atom. The van der Waals surface area contributed by atoms with Gasteiger partial charge in [0, 0.05) is 11.8 Å². The van der Waals surface area contributed by atoms with Gasteiger partial charge in [-0.25, -0.2) is 4.98 Å². The summed E-state index contributed by atoms with van der Waals surface area (Å²) in [5.74, 6) is 1.09. The Bertz CT molecular complexity index is 977. The molecular weight excluding hydrogens is 338 g/mol. The van der Waals surface area contributed by atoms with Crippen molar-refractivity contribution in [1.29, 1.82) is 0 Å². The van der Waals surface area contributed by atoms with Crippen LogP contribution >= 0.6 is 11.8 Å². The van der Waals surface area contributed by atoms with Crippen molar-refractivity contribution in [2.75, 3.05) is 18.2 Å². The molecule has 8 heteroatoms. The number of thioether (sulfide) groups is 1. The van der Waals surface area contributed by atoms with Crippen LogP contribution in [-0.4, -0.2) is 33.7 Å². The molecule has 2 heterocycles. The second kappa shape index (κ2) is 7.23. The van der Waals surface area contributed by atoms with Gasteiger partial charge in [-0.15, -0.1) is 4.98 Å². The van der Waals surface area contributed by atoms with Gasteiger partial charge in [-0.3, -0.25) is 4.79 Å². The van der Waals surface area contributed by atoms with Gasteiger partial charge >= 0.3 is 0 Å². The van der Waals surface area contributed by atoms with Gasteiger partial charge in [-0.2, -0.15) is 0 Å². The predicted molar refractivity (Wildman–Crippen MR) is 97.2 cm³/mol. The molecule has 0 radical (unpaired) electrons. The molecule has 25 heavy (non-hydrogen) atoms. The van der Waals surface area contributed by atoms with Crippen LogP contribution in [0.2, 0.25) is 0 Å². The van der Waals surface area contributed by atoms with Crippen molar-refractivity contribution in [2.24, 2.45) is 0 Å². The number of imidazole rings is 1. The smallest absolute Gasteiger partial charge is 0.271 e. The van der Waals surface area contributed by atoms with Crippen molar-refractivity contribution in [3.63, 3.8) is 0 Å². The Hall–Kier alpha value is -3.05. The Morgan fingerprint density at radius 2 is 2.28 bits per heavy atom. The summed E-state index contributed by atoms with van der Waals surface area (Å²) >= 11 is 1.28. The first-order chi connectivity index (χ1) is 12.1. The molecular formula is C17H15N5O2S. The number of aryl methyl sites for hydroxylation is 1. The van der Waals surface area contributed by atoms with Crippen molar-refractivity contribution >= 4 is 40.2 Å². The van der Waals surface area contributed by atoms with Crippen molar-refractivity contribution in [1.82, 2.24) is 15.0 Å². The highest BCUT2D eigenvalue weighted by Crippen LogP contribution is 2.24. The number of anilines is 1. The van der Waals surface area contributed by atoms with Crippen LogP contribution in [0.25, 0.3) is 15.9 Å². The molecule has 0 aliphatic rings. The maximum absolute atomic E-state index is 12.1. The summed E-state index contributed by atoms with van der Waals surface area (Å²) in [7, 11) is 1.60. The van der Waals surface area contributed by atoms with Crippen LogP contribution in [0, 0.1) is 13.5 Å². The average molecular weight is 353 g/mol. The quantitative estimate of drug-likeness (QED) is 0.541. The van der Waals surface area contributed by atoms with E-state index in [2.05, 4.69) is 25.1 Å². The van der Waals surface area contributed by atoms with E-state index in [0.29, 0.717) is 22.2 Å². The molecule has 0 spiro atoms. The van der Waals surface area contributed by atoms with E-state index >= 15 is 0 Å². The van der Waals surface area contributed by atoms with Gasteiger partial charge < -0.3 is 19.9 Å². The fourth-order valence-electron chi connectivity index (χ4n) is 2.23. The molecule has 0 unspecified atom stereocenters. The van der Waals surface area contributed by atoms with Crippen LogP contribution in [0.1, 0.15) is 5.56 Å². The van der Waals surface area contributed by atoms with Crippen LogP contribution in [-0.2, 0) is 4.79 Å². The van der Waals surface area contributed by atoms with Crippen molar-refractivity contribution in [3.05, 3.63) is 47.4 Å². The number of carbonyl (C=O) groups excluding carboxylic acids is 1. The summed E-state index contributed by atoms with van der Waals surface area (Å²) in [6.45, 7) is 8.91. The maximum atomic E-state index is 12.1. The molecule has 0 bridgehead atoms. The van der Waals surface area contributed by atoms with Crippen LogP contribution < -0.4 is 10.1 Å². The number of aromatic nitrogens is 3. The van der Waals surface area contributed by atoms with Gasteiger partial charge in [-0.1, -0.05) is 24.4 Å². The number of hydrogen-bond donors (Lipinski definition) is 2. The van der Waals surface area contributed by atoms with E-state index in [9.17, 15) is 4.79 Å². The fraction of sp³-hybridized carbons (Fsp3) is 0.176. The van der Waals surface area contributed by atoms with E-state index in [1.165, 1.54) is 11.8 Å². The number of benzene rings is 1. The summed E-state index contributed by atoms with van der Waals surface area (Å²) in [4.78, 5) is 26.8. The molecule has 0 fully saturated rings. The molecule has 2 N–H and O–H groups in total. The highest BCUT2D eigenvalue weighted by Gasteiger charge is 2.10. The Kier molecular flexibility index (Phi) is 4.86. The number of methoxy groups -OCH3 is 1. The summed E-state index contributed by atoms with van der Waals surface area (Å²) in [6.07, 6.45) is 1.57. The molecule has 3 aromatic rings. The number of rotatable bonds is 5. The zero-order valence-electron chi connectivity index (χ0n) is 13.7. The van der Waals surface area contributed by atoms with Gasteiger partial charge in [0.25, 0.3) is 5.82 Å². The summed E-state index contributed by atoms with van der Waals surface area (Å²) in [5, 5.41) is 3.44. The van der Waals surface area contributed by atoms with E-state index < -0.39 is 0 Å². The molecule has 0 saturated carbocycles. The van der Waals surface area contributed by atoms with Crippen molar-refractivity contribution in [3.8, 4) is 5.75 Å². The zero-order chi connectivity index (χ0) is 17.8. The highest BCUT2D eigenvalue weighted by molar-refractivity contribution is 7.99. The number of nitrogens with one attached hydrogen (secondary N) is 2. The second-order valence-corrected chi connectivity index (χ2v) is 6.20. The lowest BCUT2D eigenvalue weighted by atomic mass is 10.2. The van der Waals surface area contributed by atoms with Gasteiger partial charge in [0.1, 0.15) is 17.5 Å². The largest absolute Gasteiger partial charge is 0.496 e. The van der Waals surface area contributed by atoms with Gasteiger partial charge in [0.15, 0.2) is 5.16 Å². The summed E-state index contributed by atoms with van der Waals surface area (Å²) < 4.78 is 5.25. The minimum absolute atomic E-state index is 0.142. The topological polar surface area (TPSA) is 84.3 Å². The molecule has 3 rings (SSSR count). The molecule has 0 aliphatic carbocycles. The number of carbonyl (C=O) groups is 1. The molecule has 0 aliphatic heterocycles. The average Bonchev–Trinajstić information content (AvgIpc) is 3.03. The van der Waals surface area contributed by atoms with E-state index in [4.69, 9.17) is 11.3 Å². The third-order valence-electron chi connectivity index (χ3n) is 3.48. The van der Waals surface area contributed by atoms with Crippen LogP contribution in [0.5, 0.6) is 5.75 Å². The number of hydrogen-bond acceptors (Lipinski definition) is 5. The third-order valence-corrected chi connectivity index (χ3v) is 4.35. The van der Waals surface area contributed by atoms with E-state index in [-0.39, 0.29) is 11.7 Å². The molecule has 0 atom stereocenters. The lowest BCUT2D eigenvalue weighted by Gasteiger charge is -2.08. The van der Waals surface area contributed by atoms with Gasteiger partial charge in [0.05, 0.1) is 18.4 Å². The zero-order valence-corrected chi connectivity index (χ0v) is 14.5. The first kappa shape index (κ1) is 16.8. The molecule has 2 aromatic heterocycles. The summed E-state index contributed by atoms with van der Waals surface area (Å²) in [5.41, 5.74) is 3.08. The summed E-state index contributed by atoms with van der Waals surface area (Å²) in [6, 6.07) is 7.13. The van der Waals surface area contributed by atoms with E-state index in [1.807, 2.05) is 19.1 Å². The lowest BCUT2D eigenvalue weighted by molar-refractivity contribution is -0.113. The number of aromatic amines is 1. The van der Waals surface area contributed by atoms with Crippen LogP contribution in [0.3, 0.4) is 0 Å². The minimum Gasteiger partial charge on any atom is -0.496 e. The fourth-order valence-corrected chi connectivity index (χ4v) is 2.92. The van der Waals surface area contributed by atoms with Gasteiger partial charge in [-0.05, 0) is 24.6 Å². The number of ether oxygens (including phenoxy) is 1. The molecule has 7 nitrogen and oxygen atoms in total. The number of H-pyrrole nitrogens is 1. The third kappa shape index (κ3) is 3.89. The number of amides is 1. The number of nitrogens with zero attached hydrogens (tertiary/aromatic N) is 3. The van der Waals surface area contributed by atoms with E-state index in [0.717, 1.165) is 16.8 Å². The predicted octanol–water partition coefficient (Wildman–Crippen LogP) is 3.56. The molecule has 0 saturated heterocycles. The first-order valence-electron chi connectivity index (χ1n) is 7.39.